The highest BCUT2D eigenvalue weighted by molar-refractivity contribution is 5.92. The standard InChI is InChI=1S/C23H26N4O4/c1-3-15-5-4-6-18-19(21-27(20(15)18)31-23(29)22(28)30-21)16-7-10-26(11-8-16)12-9-17-13-14(2)24-25-17/h4-6,13,16H,3,7-12H2,1-2H3,(H,24,25). The highest BCUT2D eigenvalue weighted by Crippen LogP contribution is 2.38. The van der Waals surface area contributed by atoms with Gasteiger partial charge in [0.25, 0.3) is 0 Å². The number of H-pyrrole nitrogens is 1. The van der Waals surface area contributed by atoms with Gasteiger partial charge in [0, 0.05) is 29.6 Å². The number of benzene rings is 1. The Kier molecular flexibility index (Phi) is 5.02. The van der Waals surface area contributed by atoms with Crippen LogP contribution in [0.2, 0.25) is 0 Å². The number of hydrogen-bond acceptors (Lipinski definition) is 6. The van der Waals surface area contributed by atoms with Crippen LogP contribution in [0, 0.1) is 6.92 Å². The molecule has 4 heterocycles. The number of nitrogens with one attached hydrogen (secondary N) is 1. The third kappa shape index (κ3) is 3.50. The summed E-state index contributed by atoms with van der Waals surface area (Å²) >= 11 is 0. The number of rotatable bonds is 5. The maximum atomic E-state index is 12.0. The van der Waals surface area contributed by atoms with Gasteiger partial charge in [-0.2, -0.15) is 5.10 Å². The van der Waals surface area contributed by atoms with Crippen molar-refractivity contribution >= 4 is 16.6 Å². The SMILES string of the molecule is CCc1cccc2c(C3CCN(CCc4cc(C)[nH]n4)CC3)c3oc(=O)c(=O)on3c12. The predicted octanol–water partition coefficient (Wildman–Crippen LogP) is 3.01. The summed E-state index contributed by atoms with van der Waals surface area (Å²) in [5, 5.41) is 8.32. The van der Waals surface area contributed by atoms with Gasteiger partial charge in [0.05, 0.1) is 11.2 Å². The van der Waals surface area contributed by atoms with Crippen molar-refractivity contribution in [2.24, 2.45) is 0 Å². The van der Waals surface area contributed by atoms with Gasteiger partial charge in [0.2, 0.25) is 5.71 Å². The number of piperidine rings is 1. The van der Waals surface area contributed by atoms with Gasteiger partial charge in [0.1, 0.15) is 0 Å². The minimum atomic E-state index is -0.981. The second-order valence-electron chi connectivity index (χ2n) is 8.36. The fraction of sp³-hybridized carbons (Fsp3) is 0.435. The van der Waals surface area contributed by atoms with Gasteiger partial charge < -0.3 is 13.8 Å². The van der Waals surface area contributed by atoms with Gasteiger partial charge in [-0.3, -0.25) is 5.10 Å². The fourth-order valence-corrected chi connectivity index (χ4v) is 4.81. The second-order valence-corrected chi connectivity index (χ2v) is 8.36. The molecule has 0 bridgehead atoms. The lowest BCUT2D eigenvalue weighted by molar-refractivity contribution is 0.213. The quantitative estimate of drug-likeness (QED) is 0.497. The zero-order valence-electron chi connectivity index (χ0n) is 17.8. The van der Waals surface area contributed by atoms with Crippen molar-refractivity contribution in [1.29, 1.82) is 0 Å². The van der Waals surface area contributed by atoms with Crippen molar-refractivity contribution < 1.29 is 8.94 Å². The number of likely N-dealkylation sites (tertiary alicyclic amines) is 1. The average Bonchev–Trinajstić information content (AvgIpc) is 3.33. The molecular weight excluding hydrogens is 396 g/mol. The van der Waals surface area contributed by atoms with E-state index in [-0.39, 0.29) is 5.92 Å². The van der Waals surface area contributed by atoms with Gasteiger partial charge in [-0.1, -0.05) is 25.1 Å². The Balaban J connectivity index is 1.45. The van der Waals surface area contributed by atoms with Gasteiger partial charge in [-0.25, -0.2) is 9.59 Å². The van der Waals surface area contributed by atoms with Crippen LogP contribution in [0.25, 0.3) is 16.6 Å². The molecule has 162 valence electrons. The minimum absolute atomic E-state index is 0.235. The van der Waals surface area contributed by atoms with E-state index in [0.29, 0.717) is 5.71 Å². The molecule has 8 nitrogen and oxygen atoms in total. The molecule has 5 rings (SSSR count). The van der Waals surface area contributed by atoms with Crippen LogP contribution >= 0.6 is 0 Å². The molecule has 1 N–H and O–H groups in total. The summed E-state index contributed by atoms with van der Waals surface area (Å²) in [6.07, 6.45) is 3.62. The summed E-state index contributed by atoms with van der Waals surface area (Å²) in [5.41, 5.74) is 3.47. The molecule has 31 heavy (non-hydrogen) atoms. The Morgan fingerprint density at radius 2 is 2.00 bits per heavy atom. The first-order chi connectivity index (χ1) is 15.0. The zero-order chi connectivity index (χ0) is 21.5. The number of nitrogens with zero attached hydrogens (tertiary/aromatic N) is 3. The molecule has 0 unspecified atom stereocenters. The maximum Gasteiger partial charge on any atom is 0.442 e. The van der Waals surface area contributed by atoms with Crippen molar-refractivity contribution in [3.63, 3.8) is 0 Å². The molecule has 3 aromatic heterocycles. The van der Waals surface area contributed by atoms with E-state index >= 15 is 0 Å². The third-order valence-corrected chi connectivity index (χ3v) is 6.38. The van der Waals surface area contributed by atoms with E-state index in [9.17, 15) is 9.59 Å². The van der Waals surface area contributed by atoms with Crippen LogP contribution in [0.5, 0.6) is 0 Å². The van der Waals surface area contributed by atoms with Crippen LogP contribution in [-0.4, -0.2) is 39.3 Å². The Morgan fingerprint density at radius 3 is 2.71 bits per heavy atom. The van der Waals surface area contributed by atoms with E-state index in [1.54, 1.807) is 0 Å². The van der Waals surface area contributed by atoms with Gasteiger partial charge in [-0.15, -0.1) is 4.57 Å². The minimum Gasteiger partial charge on any atom is -0.397 e. The summed E-state index contributed by atoms with van der Waals surface area (Å²) < 4.78 is 12.3. The molecule has 4 aromatic rings. The lowest BCUT2D eigenvalue weighted by Crippen LogP contribution is -2.34. The molecule has 1 saturated heterocycles. The Labute approximate surface area is 178 Å². The lowest BCUT2D eigenvalue weighted by Gasteiger charge is -2.31. The van der Waals surface area contributed by atoms with Crippen LogP contribution in [0.4, 0.5) is 0 Å². The Bertz CT molecular complexity index is 1350. The number of hydrogen-bond donors (Lipinski definition) is 1. The normalized spacial score (nSPS) is 15.9. The van der Waals surface area contributed by atoms with Crippen molar-refractivity contribution in [3.8, 4) is 0 Å². The molecule has 1 aliphatic rings. The Morgan fingerprint density at radius 1 is 1.19 bits per heavy atom. The molecule has 8 heteroatoms. The van der Waals surface area contributed by atoms with Gasteiger partial charge >= 0.3 is 11.3 Å². The Hall–Kier alpha value is -3.13. The predicted molar refractivity (Wildman–Crippen MR) is 117 cm³/mol. The van der Waals surface area contributed by atoms with E-state index in [1.807, 2.05) is 25.1 Å². The van der Waals surface area contributed by atoms with Crippen molar-refractivity contribution in [1.82, 2.24) is 19.7 Å². The molecule has 0 atom stereocenters. The van der Waals surface area contributed by atoms with E-state index in [0.717, 1.165) is 78.7 Å². The number of para-hydroxylation sites is 1. The molecule has 0 spiro atoms. The number of aromatic nitrogens is 3. The average molecular weight is 422 g/mol. The van der Waals surface area contributed by atoms with Crippen molar-refractivity contribution in [2.75, 3.05) is 19.6 Å². The summed E-state index contributed by atoms with van der Waals surface area (Å²) in [7, 11) is 0. The monoisotopic (exact) mass is 422 g/mol. The number of aromatic amines is 1. The van der Waals surface area contributed by atoms with Crippen molar-refractivity contribution in [2.45, 2.75) is 45.4 Å². The smallest absolute Gasteiger partial charge is 0.397 e. The van der Waals surface area contributed by atoms with Crippen molar-refractivity contribution in [3.05, 3.63) is 67.6 Å². The molecule has 1 aliphatic heterocycles. The molecule has 0 saturated carbocycles. The van der Waals surface area contributed by atoms with Crippen LogP contribution < -0.4 is 11.3 Å². The first-order valence-corrected chi connectivity index (χ1v) is 10.9. The molecule has 1 aromatic carbocycles. The molecule has 0 amide bonds. The number of fused-ring (bicyclic) bond motifs is 3. The van der Waals surface area contributed by atoms with E-state index in [4.69, 9.17) is 8.94 Å². The molecule has 0 radical (unpaired) electrons. The molecule has 0 aliphatic carbocycles. The third-order valence-electron chi connectivity index (χ3n) is 6.38. The highest BCUT2D eigenvalue weighted by atomic mass is 16.5. The highest BCUT2D eigenvalue weighted by Gasteiger charge is 2.28. The summed E-state index contributed by atoms with van der Waals surface area (Å²) in [6.45, 7) is 6.96. The first-order valence-electron chi connectivity index (χ1n) is 10.9. The summed E-state index contributed by atoms with van der Waals surface area (Å²) in [4.78, 5) is 26.3. The van der Waals surface area contributed by atoms with Crippen LogP contribution in [0.15, 0.2) is 42.8 Å². The topological polar surface area (TPSA) is 96.8 Å². The van der Waals surface area contributed by atoms with E-state index < -0.39 is 11.3 Å². The summed E-state index contributed by atoms with van der Waals surface area (Å²) in [5.74, 6) is 0.235. The largest absolute Gasteiger partial charge is 0.442 e. The second kappa shape index (κ2) is 7.85. The van der Waals surface area contributed by atoms with Crippen LogP contribution in [0.3, 0.4) is 0 Å². The van der Waals surface area contributed by atoms with E-state index in [1.165, 1.54) is 4.57 Å². The van der Waals surface area contributed by atoms with Crippen LogP contribution in [0.1, 0.15) is 48.2 Å². The molecule has 1 fully saturated rings. The van der Waals surface area contributed by atoms with E-state index in [2.05, 4.69) is 28.1 Å². The van der Waals surface area contributed by atoms with Gasteiger partial charge in [0.15, 0.2) is 0 Å². The molecular formula is C23H26N4O4. The van der Waals surface area contributed by atoms with Crippen LogP contribution in [-0.2, 0) is 12.8 Å². The summed E-state index contributed by atoms with van der Waals surface area (Å²) in [6, 6.07) is 8.15. The zero-order valence-corrected chi connectivity index (χ0v) is 17.8. The maximum absolute atomic E-state index is 12.0. The number of aryl methyl sites for hydroxylation is 2. The fourth-order valence-electron chi connectivity index (χ4n) is 4.81. The first kappa shape index (κ1) is 19.8. The van der Waals surface area contributed by atoms with Gasteiger partial charge in [-0.05, 0) is 56.8 Å². The lowest BCUT2D eigenvalue weighted by atomic mass is 9.88.